The first kappa shape index (κ1) is 25.7. The molecule has 0 amide bonds. The predicted molar refractivity (Wildman–Crippen MR) is 140 cm³/mol. The van der Waals surface area contributed by atoms with Crippen LogP contribution in [0.4, 0.5) is 0 Å². The van der Waals surface area contributed by atoms with Crippen molar-refractivity contribution in [2.24, 2.45) is 0 Å². The van der Waals surface area contributed by atoms with Crippen molar-refractivity contribution < 1.29 is 0 Å². The molecule has 0 nitrogen and oxygen atoms in total. The Labute approximate surface area is 193 Å². The van der Waals surface area contributed by atoms with Gasteiger partial charge < -0.3 is 0 Å². The third-order valence-electron chi connectivity index (χ3n) is 6.63. The lowest BCUT2D eigenvalue weighted by Crippen LogP contribution is -2.31. The zero-order chi connectivity index (χ0) is 24.2. The second-order valence-electron chi connectivity index (χ2n) is 14.1. The van der Waals surface area contributed by atoms with E-state index in [0.717, 1.165) is 0 Å². The fourth-order valence-electron chi connectivity index (χ4n) is 4.83. The van der Waals surface area contributed by atoms with Gasteiger partial charge in [0.25, 0.3) is 0 Å². The van der Waals surface area contributed by atoms with Crippen molar-refractivity contribution in [3.8, 4) is 0 Å². The average molecular weight is 421 g/mol. The lowest BCUT2D eigenvalue weighted by molar-refractivity contribution is 0.491. The Balaban J connectivity index is 2.98. The molecule has 0 bridgehead atoms. The van der Waals surface area contributed by atoms with Gasteiger partial charge in [-0.3, -0.25) is 0 Å². The highest BCUT2D eigenvalue weighted by atomic mass is 14.4. The summed E-state index contributed by atoms with van der Waals surface area (Å²) in [6, 6.07) is 14.1. The van der Waals surface area contributed by atoms with E-state index in [1.54, 1.807) is 0 Å². The van der Waals surface area contributed by atoms with Crippen LogP contribution in [0.5, 0.6) is 0 Å². The maximum absolute atomic E-state index is 2.52. The van der Waals surface area contributed by atoms with Crippen LogP contribution in [0.1, 0.15) is 130 Å². The Morgan fingerprint density at radius 1 is 0.419 bits per heavy atom. The Morgan fingerprint density at radius 3 is 1.10 bits per heavy atom. The molecule has 0 saturated carbocycles. The van der Waals surface area contributed by atoms with Crippen molar-refractivity contribution in [3.05, 3.63) is 69.8 Å². The van der Waals surface area contributed by atoms with Gasteiger partial charge in [-0.25, -0.2) is 0 Å². The summed E-state index contributed by atoms with van der Waals surface area (Å²) in [7, 11) is 0. The maximum atomic E-state index is 2.52. The molecule has 2 aromatic rings. The summed E-state index contributed by atoms with van der Waals surface area (Å²) in [5, 5.41) is 0. The highest BCUT2D eigenvalue weighted by molar-refractivity contribution is 5.54. The van der Waals surface area contributed by atoms with E-state index < -0.39 is 0 Å². The lowest BCUT2D eigenvalue weighted by atomic mass is 9.64. The van der Waals surface area contributed by atoms with Crippen molar-refractivity contribution in [2.45, 2.75) is 124 Å². The monoisotopic (exact) mass is 420 g/mol. The summed E-state index contributed by atoms with van der Waals surface area (Å²) < 4.78 is 0. The molecule has 172 valence electrons. The molecule has 2 rings (SSSR count). The van der Waals surface area contributed by atoms with Crippen molar-refractivity contribution in [1.29, 1.82) is 0 Å². The van der Waals surface area contributed by atoms with Gasteiger partial charge in [0.2, 0.25) is 0 Å². The molecule has 0 radical (unpaired) electrons. The van der Waals surface area contributed by atoms with Crippen LogP contribution in [0.15, 0.2) is 36.4 Å². The van der Waals surface area contributed by atoms with Crippen molar-refractivity contribution >= 4 is 0 Å². The summed E-state index contributed by atoms with van der Waals surface area (Å²) in [5.74, 6) is 0. The minimum atomic E-state index is -0.0830. The molecule has 0 aromatic heterocycles. The van der Waals surface area contributed by atoms with Gasteiger partial charge in [-0.05, 0) is 55.0 Å². The Kier molecular flexibility index (Phi) is 6.46. The fourth-order valence-corrected chi connectivity index (χ4v) is 4.83. The van der Waals surface area contributed by atoms with Crippen molar-refractivity contribution in [2.75, 3.05) is 0 Å². The van der Waals surface area contributed by atoms with Crippen LogP contribution in [0, 0.1) is 0 Å². The van der Waals surface area contributed by atoms with Crippen LogP contribution in [-0.4, -0.2) is 0 Å². The first-order valence-electron chi connectivity index (χ1n) is 12.0. The van der Waals surface area contributed by atoms with Crippen molar-refractivity contribution in [1.82, 2.24) is 0 Å². The van der Waals surface area contributed by atoms with Crippen LogP contribution < -0.4 is 0 Å². The topological polar surface area (TPSA) is 0 Å². The molecular formula is C31H48. The Hall–Kier alpha value is -1.56. The third kappa shape index (κ3) is 5.27. The summed E-state index contributed by atoms with van der Waals surface area (Å²) in [6.45, 7) is 33.1. The van der Waals surface area contributed by atoms with E-state index in [1.165, 1.54) is 33.4 Å². The molecular weight excluding hydrogens is 372 g/mol. The van der Waals surface area contributed by atoms with Crippen LogP contribution in [0.3, 0.4) is 0 Å². The van der Waals surface area contributed by atoms with Crippen LogP contribution in [-0.2, 0) is 27.1 Å². The van der Waals surface area contributed by atoms with E-state index in [2.05, 4.69) is 133 Å². The molecule has 0 spiro atoms. The zero-order valence-electron chi connectivity index (χ0n) is 23.0. The van der Waals surface area contributed by atoms with Gasteiger partial charge in [-0.1, -0.05) is 133 Å². The first-order valence-corrected chi connectivity index (χ1v) is 12.0. The van der Waals surface area contributed by atoms with Gasteiger partial charge in [0.05, 0.1) is 0 Å². The molecule has 0 heteroatoms. The summed E-state index contributed by atoms with van der Waals surface area (Å²) in [6.07, 6.45) is 0. The maximum Gasteiger partial charge on any atom is 0.0149 e. The standard InChI is InChI=1S/C31H48/c1-27(2,3)22-17-15-16-18-23(22)31(13,14)21-19-24(28(4,5)6)26(30(10,11)12)25(20-21)29(7,8)9/h15-20H,1-14H3. The molecule has 0 fully saturated rings. The molecule has 2 aromatic carbocycles. The fraction of sp³-hybridized carbons (Fsp3) is 0.613. The van der Waals surface area contributed by atoms with Gasteiger partial charge >= 0.3 is 0 Å². The van der Waals surface area contributed by atoms with E-state index in [0.29, 0.717) is 0 Å². The zero-order valence-corrected chi connectivity index (χ0v) is 23.0. The minimum Gasteiger partial charge on any atom is -0.0620 e. The molecule has 0 N–H and O–H groups in total. The van der Waals surface area contributed by atoms with E-state index in [1.807, 2.05) is 0 Å². The summed E-state index contributed by atoms with van der Waals surface area (Å²) >= 11 is 0. The first-order chi connectivity index (χ1) is 13.7. The second kappa shape index (κ2) is 7.79. The molecule has 0 atom stereocenters. The lowest BCUT2D eigenvalue weighted by Gasteiger charge is -2.40. The number of benzene rings is 2. The Bertz CT molecular complexity index is 891. The second-order valence-corrected chi connectivity index (χ2v) is 14.1. The molecule has 0 heterocycles. The van der Waals surface area contributed by atoms with E-state index in [-0.39, 0.29) is 27.1 Å². The average Bonchev–Trinajstić information content (AvgIpc) is 2.57. The highest BCUT2D eigenvalue weighted by Gasteiger charge is 2.36. The highest BCUT2D eigenvalue weighted by Crippen LogP contribution is 2.45. The predicted octanol–water partition coefficient (Wildman–Crippen LogP) is 9.20. The number of hydrogen-bond acceptors (Lipinski definition) is 0. The molecule has 31 heavy (non-hydrogen) atoms. The third-order valence-corrected chi connectivity index (χ3v) is 6.63. The van der Waals surface area contributed by atoms with Crippen LogP contribution >= 0.6 is 0 Å². The SMILES string of the molecule is CC(C)(C)c1ccccc1C(C)(C)c1cc(C(C)(C)C)c(C(C)(C)C)c(C(C)(C)C)c1. The van der Waals surface area contributed by atoms with E-state index >= 15 is 0 Å². The largest absolute Gasteiger partial charge is 0.0620 e. The van der Waals surface area contributed by atoms with Crippen LogP contribution in [0.2, 0.25) is 0 Å². The molecule has 0 aliphatic carbocycles. The van der Waals surface area contributed by atoms with Gasteiger partial charge in [0, 0.05) is 5.41 Å². The quantitative estimate of drug-likeness (QED) is 0.454. The molecule has 0 aliphatic heterocycles. The van der Waals surface area contributed by atoms with Crippen LogP contribution in [0.25, 0.3) is 0 Å². The van der Waals surface area contributed by atoms with Gasteiger partial charge in [0.1, 0.15) is 0 Å². The Morgan fingerprint density at radius 2 is 0.774 bits per heavy atom. The van der Waals surface area contributed by atoms with Gasteiger partial charge in [0.15, 0.2) is 0 Å². The smallest absolute Gasteiger partial charge is 0.0149 e. The van der Waals surface area contributed by atoms with Crippen molar-refractivity contribution in [3.63, 3.8) is 0 Å². The van der Waals surface area contributed by atoms with Gasteiger partial charge in [-0.15, -0.1) is 0 Å². The summed E-state index contributed by atoms with van der Waals surface area (Å²) in [5.41, 5.74) is 9.09. The van der Waals surface area contributed by atoms with Gasteiger partial charge in [-0.2, -0.15) is 0 Å². The number of hydrogen-bond donors (Lipinski definition) is 0. The normalized spacial score (nSPS) is 14.1. The van der Waals surface area contributed by atoms with E-state index in [9.17, 15) is 0 Å². The van der Waals surface area contributed by atoms with E-state index in [4.69, 9.17) is 0 Å². The molecule has 0 unspecified atom stereocenters. The molecule has 0 saturated heterocycles. The minimum absolute atomic E-state index is 0.0816. The molecule has 0 aliphatic rings. The summed E-state index contributed by atoms with van der Waals surface area (Å²) in [4.78, 5) is 0. The number of rotatable bonds is 2.